The van der Waals surface area contributed by atoms with Gasteiger partial charge in [0.1, 0.15) is 48.5 Å². The van der Waals surface area contributed by atoms with Crippen LogP contribution in [-0.2, 0) is 14.2 Å². The number of fused-ring (bicyclic) bond motifs is 4. The van der Waals surface area contributed by atoms with Crippen LogP contribution < -0.4 is 9.64 Å². The van der Waals surface area contributed by atoms with E-state index < -0.39 is 31.4 Å². The van der Waals surface area contributed by atoms with E-state index >= 15 is 8.78 Å². The maximum absolute atomic E-state index is 17.6. The number of anilines is 1. The zero-order valence-corrected chi connectivity index (χ0v) is 35.8. The van der Waals surface area contributed by atoms with Crippen LogP contribution >= 0.6 is 0 Å². The number of piperazine rings is 1. The van der Waals surface area contributed by atoms with Gasteiger partial charge in [0.2, 0.25) is 0 Å². The van der Waals surface area contributed by atoms with Gasteiger partial charge < -0.3 is 23.8 Å². The molecule has 0 N–H and O–H groups in total. The van der Waals surface area contributed by atoms with E-state index in [4.69, 9.17) is 28.9 Å². The molecule has 302 valence electrons. The number of morpholine rings is 1. The molecule has 10 nitrogen and oxygen atoms in total. The number of carbonyl (C=O) groups is 1. The van der Waals surface area contributed by atoms with E-state index in [9.17, 15) is 10.1 Å². The van der Waals surface area contributed by atoms with Gasteiger partial charge in [0.25, 0.3) is 0 Å². The predicted molar refractivity (Wildman–Crippen MR) is 221 cm³/mol. The quantitative estimate of drug-likeness (QED) is 0.0979. The summed E-state index contributed by atoms with van der Waals surface area (Å²) in [6.45, 7) is 21.4. The third-order valence-electron chi connectivity index (χ3n) is 11.4. The number of halogens is 2. The summed E-state index contributed by atoms with van der Waals surface area (Å²) in [7, 11) is -0.799. The van der Waals surface area contributed by atoms with Crippen LogP contribution in [0, 0.1) is 41.4 Å². The van der Waals surface area contributed by atoms with Gasteiger partial charge in [0.15, 0.2) is 12.6 Å². The second-order valence-corrected chi connectivity index (χ2v) is 22.6. The van der Waals surface area contributed by atoms with Gasteiger partial charge in [-0.25, -0.2) is 18.6 Å². The van der Waals surface area contributed by atoms with Crippen molar-refractivity contribution in [2.24, 2.45) is 0 Å². The van der Waals surface area contributed by atoms with Crippen LogP contribution in [0.5, 0.6) is 5.75 Å². The van der Waals surface area contributed by atoms with Gasteiger partial charge in [0.05, 0.1) is 30.9 Å². The number of pyridine rings is 2. The van der Waals surface area contributed by atoms with Gasteiger partial charge in [0, 0.05) is 48.1 Å². The highest BCUT2D eigenvalue weighted by Gasteiger charge is 2.44. The van der Waals surface area contributed by atoms with Crippen molar-refractivity contribution in [3.8, 4) is 34.5 Å². The average molecular weight is 798 g/mol. The highest BCUT2D eigenvalue weighted by molar-refractivity contribution is 6.90. The lowest BCUT2D eigenvalue weighted by Crippen LogP contribution is -2.66. The minimum absolute atomic E-state index is 0.0479. The Balaban J connectivity index is 1.56. The number of rotatable bonds is 8. The number of methoxy groups -OCH3 is 1. The fourth-order valence-electron chi connectivity index (χ4n) is 8.91. The van der Waals surface area contributed by atoms with Crippen LogP contribution in [0.4, 0.5) is 19.4 Å². The van der Waals surface area contributed by atoms with Crippen LogP contribution in [-0.4, -0.2) is 86.9 Å². The first kappa shape index (κ1) is 41.8. The lowest BCUT2D eigenvalue weighted by atomic mass is 9.94. The summed E-state index contributed by atoms with van der Waals surface area (Å²) in [6, 6.07) is 7.84. The van der Waals surface area contributed by atoms with E-state index in [2.05, 4.69) is 59.1 Å². The monoisotopic (exact) mass is 797 g/mol. The Kier molecular flexibility index (Phi) is 11.9. The topological polar surface area (TPSA) is 110 Å². The molecule has 6 rings (SSSR count). The Morgan fingerprint density at radius 1 is 1.04 bits per heavy atom. The molecular formula is C44H53F2N5O5Si. The average Bonchev–Trinajstić information content (AvgIpc) is 3.13. The van der Waals surface area contributed by atoms with E-state index in [0.29, 0.717) is 68.6 Å². The molecule has 2 aliphatic rings. The molecule has 0 aliphatic carbocycles. The second kappa shape index (κ2) is 16.2. The van der Waals surface area contributed by atoms with Crippen LogP contribution in [0.25, 0.3) is 32.8 Å². The van der Waals surface area contributed by atoms with Crippen LogP contribution in [0.1, 0.15) is 79.1 Å². The zero-order chi connectivity index (χ0) is 41.6. The molecule has 57 heavy (non-hydrogen) atoms. The molecule has 1 amide bonds. The first-order valence-electron chi connectivity index (χ1n) is 19.6. The van der Waals surface area contributed by atoms with Crippen molar-refractivity contribution in [3.63, 3.8) is 0 Å². The Hall–Kier alpha value is -4.82. The van der Waals surface area contributed by atoms with Gasteiger partial charge in [-0.3, -0.25) is 9.88 Å². The lowest BCUT2D eigenvalue weighted by Gasteiger charge is -2.49. The first-order valence-corrected chi connectivity index (χ1v) is 21.8. The smallest absolute Gasteiger partial charge is 0.411 e. The molecule has 4 aromatic rings. The molecular weight excluding hydrogens is 745 g/mol. The SMILES string of the molecule is COCOc1cc(-c2ncc3c(N4CC5COCC(C4)N5C(=O)OC(C)(C)C)nc(C#N)c(C)c3c2F)c2c(C#C[Si](C(C)C)(C(C)C)C(C)C)c(F)ccc2c1. The second-order valence-electron chi connectivity index (χ2n) is 17.1. The Morgan fingerprint density at radius 3 is 2.26 bits per heavy atom. The van der Waals surface area contributed by atoms with E-state index in [0.717, 1.165) is 0 Å². The molecule has 0 saturated carbocycles. The van der Waals surface area contributed by atoms with Gasteiger partial charge in [-0.15, -0.1) is 5.54 Å². The molecule has 13 heteroatoms. The first-order chi connectivity index (χ1) is 26.9. The zero-order valence-electron chi connectivity index (χ0n) is 34.8. The summed E-state index contributed by atoms with van der Waals surface area (Å²) >= 11 is 0. The molecule has 2 atom stereocenters. The molecule has 0 radical (unpaired) electrons. The molecule has 2 fully saturated rings. The van der Waals surface area contributed by atoms with E-state index in [1.54, 1.807) is 36.2 Å². The molecule has 2 bridgehead atoms. The fraction of sp³-hybridized carbons (Fsp3) is 0.500. The summed E-state index contributed by atoms with van der Waals surface area (Å²) in [5.74, 6) is 2.86. The van der Waals surface area contributed by atoms with Crippen molar-refractivity contribution >= 4 is 41.5 Å². The standard InChI is InChI=1S/C44H53F2N5O5Si/c1-25(2)57(26(3)4,27(5)6)15-14-33-36(45)13-12-29-16-32(55-24-53-11)17-34(39(29)33)41-40(46)38-28(7)37(18-47)49-42(35(38)19-48-41)50-20-30-22-54-23-31(21-50)51(30)43(52)56-44(8,9)10/h12-13,16-17,19,25-27,30-31H,20-24H2,1-11H3. The Morgan fingerprint density at radius 2 is 1.68 bits per heavy atom. The third-order valence-corrected chi connectivity index (χ3v) is 17.7. The van der Waals surface area contributed by atoms with Crippen molar-refractivity contribution in [1.82, 2.24) is 14.9 Å². The van der Waals surface area contributed by atoms with Gasteiger partial charge in [-0.1, -0.05) is 53.5 Å². The number of benzene rings is 2. The summed E-state index contributed by atoms with van der Waals surface area (Å²) < 4.78 is 56.4. The van der Waals surface area contributed by atoms with Gasteiger partial charge in [-0.05, 0) is 73.5 Å². The van der Waals surface area contributed by atoms with Crippen LogP contribution in [0.3, 0.4) is 0 Å². The number of aryl methyl sites for hydroxylation is 1. The van der Waals surface area contributed by atoms with E-state index in [1.165, 1.54) is 13.2 Å². The molecule has 4 heterocycles. The van der Waals surface area contributed by atoms with Crippen molar-refractivity contribution in [2.75, 3.05) is 45.1 Å². The van der Waals surface area contributed by atoms with Gasteiger partial charge in [-0.2, -0.15) is 5.26 Å². The maximum atomic E-state index is 17.6. The summed E-state index contributed by atoms with van der Waals surface area (Å²) in [5.41, 5.74) is 4.72. The molecule has 2 aromatic carbocycles. The van der Waals surface area contributed by atoms with Crippen molar-refractivity contribution in [2.45, 2.75) is 104 Å². The number of hydrogen-bond acceptors (Lipinski definition) is 9. The van der Waals surface area contributed by atoms with Gasteiger partial charge >= 0.3 is 6.09 Å². The number of nitrogens with zero attached hydrogens (tertiary/aromatic N) is 5. The van der Waals surface area contributed by atoms with E-state index in [1.807, 2.05) is 25.7 Å². The molecule has 2 unspecified atom stereocenters. The maximum Gasteiger partial charge on any atom is 0.411 e. The fourth-order valence-corrected chi connectivity index (χ4v) is 14.1. The lowest BCUT2D eigenvalue weighted by molar-refractivity contribution is -0.0665. The normalized spacial score (nSPS) is 17.3. The minimum atomic E-state index is -2.30. The molecule has 2 saturated heterocycles. The summed E-state index contributed by atoms with van der Waals surface area (Å²) in [5, 5.41) is 11.9. The molecule has 2 aliphatic heterocycles. The number of hydrogen-bond donors (Lipinski definition) is 0. The molecule has 2 aromatic heterocycles. The number of amides is 1. The molecule has 0 spiro atoms. The predicted octanol–water partition coefficient (Wildman–Crippen LogP) is 9.29. The largest absolute Gasteiger partial charge is 0.468 e. The Bertz CT molecular complexity index is 2270. The number of nitriles is 1. The van der Waals surface area contributed by atoms with Crippen LogP contribution in [0.2, 0.25) is 16.6 Å². The Labute approximate surface area is 335 Å². The number of ether oxygens (including phenoxy) is 4. The summed E-state index contributed by atoms with van der Waals surface area (Å²) in [4.78, 5) is 26.5. The minimum Gasteiger partial charge on any atom is -0.468 e. The van der Waals surface area contributed by atoms with E-state index in [-0.39, 0.29) is 54.4 Å². The van der Waals surface area contributed by atoms with Crippen molar-refractivity contribution in [3.05, 3.63) is 58.9 Å². The highest BCUT2D eigenvalue weighted by atomic mass is 28.3. The number of carbonyl (C=O) groups excluding carboxylic acids is 1. The van der Waals surface area contributed by atoms with Crippen molar-refractivity contribution < 1.29 is 32.5 Å². The van der Waals surface area contributed by atoms with Crippen molar-refractivity contribution in [1.29, 1.82) is 5.26 Å². The van der Waals surface area contributed by atoms with Crippen LogP contribution in [0.15, 0.2) is 30.5 Å². The summed E-state index contributed by atoms with van der Waals surface area (Å²) in [6.07, 6.45) is 1.14. The highest BCUT2D eigenvalue weighted by Crippen LogP contribution is 2.43. The third kappa shape index (κ3) is 7.77. The number of aromatic nitrogens is 2.